The molecule has 0 bridgehead atoms. The van der Waals surface area contributed by atoms with E-state index < -0.39 is 0 Å². The van der Waals surface area contributed by atoms with E-state index in [4.69, 9.17) is 5.73 Å². The molecular formula is C12H20N4OS. The second kappa shape index (κ2) is 5.14. The van der Waals surface area contributed by atoms with Crippen LogP contribution in [-0.4, -0.2) is 42.5 Å². The molecule has 18 heavy (non-hydrogen) atoms. The SMILES string of the molecule is CCCN(C(=O)c1sc(N(C)C)nc1N)C1CC1. The number of rotatable bonds is 5. The third-order valence-corrected chi connectivity index (χ3v) is 4.16. The molecule has 0 spiro atoms. The summed E-state index contributed by atoms with van der Waals surface area (Å²) in [6.45, 7) is 2.89. The second-order valence-corrected chi connectivity index (χ2v) is 5.81. The van der Waals surface area contributed by atoms with E-state index in [0.29, 0.717) is 16.7 Å². The van der Waals surface area contributed by atoms with Crippen molar-refractivity contribution < 1.29 is 4.79 Å². The van der Waals surface area contributed by atoms with E-state index in [2.05, 4.69) is 11.9 Å². The molecule has 0 unspecified atom stereocenters. The fourth-order valence-electron chi connectivity index (χ4n) is 1.87. The lowest BCUT2D eigenvalue weighted by Crippen LogP contribution is -2.33. The Kier molecular flexibility index (Phi) is 3.75. The molecule has 100 valence electrons. The van der Waals surface area contributed by atoms with Gasteiger partial charge in [-0.05, 0) is 19.3 Å². The number of nitrogens with two attached hydrogens (primary N) is 1. The molecule has 1 saturated carbocycles. The quantitative estimate of drug-likeness (QED) is 0.884. The lowest BCUT2D eigenvalue weighted by molar-refractivity contribution is 0.0749. The van der Waals surface area contributed by atoms with Crippen molar-refractivity contribution >= 4 is 28.2 Å². The number of hydrogen-bond acceptors (Lipinski definition) is 5. The Labute approximate surface area is 112 Å². The van der Waals surface area contributed by atoms with Crippen LogP contribution in [0.4, 0.5) is 10.9 Å². The first-order valence-corrected chi connectivity index (χ1v) is 7.10. The number of anilines is 2. The average Bonchev–Trinajstić information content (AvgIpc) is 3.07. The van der Waals surface area contributed by atoms with Crippen LogP contribution >= 0.6 is 11.3 Å². The van der Waals surface area contributed by atoms with Gasteiger partial charge in [0.25, 0.3) is 5.91 Å². The minimum atomic E-state index is 0.0439. The highest BCUT2D eigenvalue weighted by Gasteiger charge is 2.34. The van der Waals surface area contributed by atoms with Crippen LogP contribution in [0.2, 0.25) is 0 Å². The summed E-state index contributed by atoms with van der Waals surface area (Å²) in [5.74, 6) is 0.401. The van der Waals surface area contributed by atoms with E-state index >= 15 is 0 Å². The summed E-state index contributed by atoms with van der Waals surface area (Å²) in [5, 5.41) is 0.781. The molecule has 2 N–H and O–H groups in total. The molecule has 5 nitrogen and oxygen atoms in total. The normalized spacial score (nSPS) is 14.6. The Morgan fingerprint density at radius 1 is 1.50 bits per heavy atom. The predicted molar refractivity (Wildman–Crippen MR) is 75.2 cm³/mol. The summed E-state index contributed by atoms with van der Waals surface area (Å²) in [6, 6.07) is 0.418. The van der Waals surface area contributed by atoms with Crippen LogP contribution < -0.4 is 10.6 Å². The predicted octanol–water partition coefficient (Wildman–Crippen LogP) is 1.81. The van der Waals surface area contributed by atoms with E-state index in [1.165, 1.54) is 11.3 Å². The van der Waals surface area contributed by atoms with E-state index in [9.17, 15) is 4.79 Å². The number of nitrogens with zero attached hydrogens (tertiary/aromatic N) is 3. The summed E-state index contributed by atoms with van der Waals surface area (Å²) < 4.78 is 0. The van der Waals surface area contributed by atoms with Crippen molar-refractivity contribution in [1.82, 2.24) is 9.88 Å². The second-order valence-electron chi connectivity index (χ2n) is 4.83. The van der Waals surface area contributed by atoms with Crippen molar-refractivity contribution in [3.63, 3.8) is 0 Å². The van der Waals surface area contributed by atoms with E-state index in [0.717, 1.165) is 30.9 Å². The zero-order valence-corrected chi connectivity index (χ0v) is 12.0. The molecule has 1 aliphatic carbocycles. The molecule has 0 aromatic carbocycles. The zero-order valence-electron chi connectivity index (χ0n) is 11.1. The summed E-state index contributed by atoms with van der Waals surface area (Å²) in [7, 11) is 3.80. The van der Waals surface area contributed by atoms with Gasteiger partial charge >= 0.3 is 0 Å². The Bertz CT molecular complexity index is 439. The van der Waals surface area contributed by atoms with Crippen LogP contribution in [0.1, 0.15) is 35.9 Å². The number of thiazole rings is 1. The van der Waals surface area contributed by atoms with Crippen molar-refractivity contribution in [2.45, 2.75) is 32.2 Å². The van der Waals surface area contributed by atoms with Gasteiger partial charge in [0.15, 0.2) is 5.13 Å². The Morgan fingerprint density at radius 2 is 2.17 bits per heavy atom. The Balaban J connectivity index is 2.21. The van der Waals surface area contributed by atoms with Crippen molar-refractivity contribution in [3.05, 3.63) is 4.88 Å². The number of aromatic nitrogens is 1. The lowest BCUT2D eigenvalue weighted by Gasteiger charge is -2.20. The van der Waals surface area contributed by atoms with Gasteiger partial charge in [-0.2, -0.15) is 0 Å². The lowest BCUT2D eigenvalue weighted by atomic mass is 10.3. The van der Waals surface area contributed by atoms with Crippen LogP contribution in [0.3, 0.4) is 0 Å². The van der Waals surface area contributed by atoms with Gasteiger partial charge in [0.2, 0.25) is 0 Å². The van der Waals surface area contributed by atoms with E-state index in [1.807, 2.05) is 23.9 Å². The van der Waals surface area contributed by atoms with Crippen LogP contribution in [0.15, 0.2) is 0 Å². The molecule has 0 saturated heterocycles. The van der Waals surface area contributed by atoms with Gasteiger partial charge < -0.3 is 15.5 Å². The van der Waals surface area contributed by atoms with Gasteiger partial charge in [0.05, 0.1) is 0 Å². The highest BCUT2D eigenvalue weighted by atomic mass is 32.1. The number of hydrogen-bond donors (Lipinski definition) is 1. The van der Waals surface area contributed by atoms with Crippen LogP contribution in [0.25, 0.3) is 0 Å². The molecule has 2 rings (SSSR count). The molecule has 0 radical (unpaired) electrons. The Hall–Kier alpha value is -1.30. The highest BCUT2D eigenvalue weighted by molar-refractivity contribution is 7.18. The summed E-state index contributed by atoms with van der Waals surface area (Å²) in [5.41, 5.74) is 5.86. The fourth-order valence-corrected chi connectivity index (χ4v) is 2.74. The summed E-state index contributed by atoms with van der Waals surface area (Å²) in [4.78, 5) is 21.1. The van der Waals surface area contributed by atoms with Gasteiger partial charge in [0, 0.05) is 26.7 Å². The van der Waals surface area contributed by atoms with Crippen molar-refractivity contribution in [2.75, 3.05) is 31.3 Å². The van der Waals surface area contributed by atoms with Crippen LogP contribution in [0, 0.1) is 0 Å². The zero-order chi connectivity index (χ0) is 13.3. The first-order valence-electron chi connectivity index (χ1n) is 6.29. The summed E-state index contributed by atoms with van der Waals surface area (Å²) in [6.07, 6.45) is 3.21. The maximum atomic E-state index is 12.5. The van der Waals surface area contributed by atoms with Crippen LogP contribution in [-0.2, 0) is 0 Å². The molecule has 1 heterocycles. The van der Waals surface area contributed by atoms with Crippen molar-refractivity contribution in [3.8, 4) is 0 Å². The first kappa shape index (κ1) is 13.1. The minimum Gasteiger partial charge on any atom is -0.382 e. The topological polar surface area (TPSA) is 62.5 Å². The highest BCUT2D eigenvalue weighted by Crippen LogP contribution is 2.33. The molecule has 0 aliphatic heterocycles. The monoisotopic (exact) mass is 268 g/mol. The number of amides is 1. The maximum Gasteiger partial charge on any atom is 0.268 e. The first-order chi connectivity index (χ1) is 8.54. The molecule has 6 heteroatoms. The molecule has 0 atom stereocenters. The molecule has 1 aliphatic rings. The largest absolute Gasteiger partial charge is 0.382 e. The van der Waals surface area contributed by atoms with Gasteiger partial charge in [0.1, 0.15) is 10.7 Å². The number of carbonyl (C=O) groups excluding carboxylic acids is 1. The Morgan fingerprint density at radius 3 is 2.61 bits per heavy atom. The number of carbonyl (C=O) groups is 1. The van der Waals surface area contributed by atoms with Crippen molar-refractivity contribution in [1.29, 1.82) is 0 Å². The molecule has 1 aromatic rings. The van der Waals surface area contributed by atoms with E-state index in [-0.39, 0.29) is 5.91 Å². The van der Waals surface area contributed by atoms with Crippen LogP contribution in [0.5, 0.6) is 0 Å². The van der Waals surface area contributed by atoms with Gasteiger partial charge in [-0.3, -0.25) is 4.79 Å². The van der Waals surface area contributed by atoms with Gasteiger partial charge in [-0.1, -0.05) is 18.3 Å². The van der Waals surface area contributed by atoms with Gasteiger partial charge in [-0.15, -0.1) is 0 Å². The average molecular weight is 268 g/mol. The third-order valence-electron chi connectivity index (χ3n) is 2.93. The smallest absolute Gasteiger partial charge is 0.268 e. The number of nitrogen functional groups attached to an aromatic ring is 1. The van der Waals surface area contributed by atoms with Crippen molar-refractivity contribution in [2.24, 2.45) is 0 Å². The third kappa shape index (κ3) is 2.58. The summed E-state index contributed by atoms with van der Waals surface area (Å²) >= 11 is 1.37. The molecule has 1 fully saturated rings. The molecule has 1 amide bonds. The molecule has 1 aromatic heterocycles. The standard InChI is InChI=1S/C12H20N4OS/c1-4-7-16(8-5-6-8)11(17)9-10(13)14-12(18-9)15(2)3/h8H,4-7,13H2,1-3H3. The fraction of sp³-hybridized carbons (Fsp3) is 0.667. The minimum absolute atomic E-state index is 0.0439. The van der Waals surface area contributed by atoms with Gasteiger partial charge in [-0.25, -0.2) is 4.98 Å². The maximum absolute atomic E-state index is 12.5. The van der Waals surface area contributed by atoms with E-state index in [1.54, 1.807) is 0 Å². The molecular weight excluding hydrogens is 248 g/mol.